The summed E-state index contributed by atoms with van der Waals surface area (Å²) in [4.78, 5) is 35.2. The fourth-order valence-electron chi connectivity index (χ4n) is 3.34. The van der Waals surface area contributed by atoms with Crippen molar-refractivity contribution >= 4 is 17.4 Å². The summed E-state index contributed by atoms with van der Waals surface area (Å²) in [6, 6.07) is 1.86. The Morgan fingerprint density at radius 1 is 1.43 bits per heavy atom. The largest absolute Gasteiger partial charge is 0.465 e. The number of carbonyl (C=O) groups is 2. The van der Waals surface area contributed by atoms with E-state index in [0.717, 1.165) is 18.4 Å². The summed E-state index contributed by atoms with van der Waals surface area (Å²) < 4.78 is 4.90. The minimum atomic E-state index is -0.929. The molecule has 110 valence electrons. The molecule has 0 saturated carbocycles. The molecule has 1 aromatic rings. The maximum absolute atomic E-state index is 12.4. The normalized spacial score (nSPS) is 19.3. The number of nitrogens with zero attached hydrogens (tertiary/aromatic N) is 1. The van der Waals surface area contributed by atoms with E-state index in [4.69, 9.17) is 4.74 Å². The molecule has 21 heavy (non-hydrogen) atoms. The monoisotopic (exact) mass is 289 g/mol. The number of hydrogen-bond donors (Lipinski definition) is 0. The van der Waals surface area contributed by atoms with Gasteiger partial charge < -0.3 is 4.74 Å². The second-order valence-corrected chi connectivity index (χ2v) is 5.38. The van der Waals surface area contributed by atoms with E-state index >= 15 is 0 Å². The minimum absolute atomic E-state index is 0.0863. The van der Waals surface area contributed by atoms with Crippen LogP contribution in [0.25, 0.3) is 0 Å². The van der Waals surface area contributed by atoms with Crippen molar-refractivity contribution < 1.29 is 19.2 Å². The van der Waals surface area contributed by atoms with Crippen LogP contribution in [0.1, 0.15) is 40.4 Å². The molecule has 6 nitrogen and oxygen atoms in total. The molecule has 0 fully saturated rings. The Labute approximate surface area is 121 Å². The fraction of sp³-hybridized carbons (Fsp3) is 0.467. The van der Waals surface area contributed by atoms with Gasteiger partial charge in [0, 0.05) is 5.56 Å². The van der Waals surface area contributed by atoms with E-state index in [0.29, 0.717) is 17.5 Å². The molecule has 0 radical (unpaired) electrons. The fourth-order valence-corrected chi connectivity index (χ4v) is 3.34. The van der Waals surface area contributed by atoms with Gasteiger partial charge in [-0.15, -0.1) is 0 Å². The summed E-state index contributed by atoms with van der Waals surface area (Å²) in [5.74, 6) is -1.99. The lowest BCUT2D eigenvalue weighted by Gasteiger charge is -2.06. The maximum Gasteiger partial charge on any atom is 0.317 e. The van der Waals surface area contributed by atoms with Gasteiger partial charge in [-0.3, -0.25) is 19.7 Å². The minimum Gasteiger partial charge on any atom is -0.465 e. The SMILES string of the molecule is CCOC(=O)C1Cc2cc3c(c([N+](=O)[O-])c2C1=O)CCC3. The van der Waals surface area contributed by atoms with Gasteiger partial charge >= 0.3 is 5.97 Å². The zero-order chi connectivity index (χ0) is 15.1. The van der Waals surface area contributed by atoms with Gasteiger partial charge in [0.1, 0.15) is 5.92 Å². The third-order valence-electron chi connectivity index (χ3n) is 4.19. The van der Waals surface area contributed by atoms with E-state index in [1.165, 1.54) is 0 Å². The molecule has 1 aromatic carbocycles. The van der Waals surface area contributed by atoms with E-state index < -0.39 is 22.6 Å². The van der Waals surface area contributed by atoms with E-state index in [1.807, 2.05) is 6.07 Å². The van der Waals surface area contributed by atoms with Gasteiger partial charge in [0.2, 0.25) is 0 Å². The smallest absolute Gasteiger partial charge is 0.317 e. The molecule has 0 saturated heterocycles. The molecule has 0 aromatic heterocycles. The van der Waals surface area contributed by atoms with Gasteiger partial charge in [-0.1, -0.05) is 6.07 Å². The van der Waals surface area contributed by atoms with Gasteiger partial charge in [0.15, 0.2) is 5.78 Å². The van der Waals surface area contributed by atoms with Crippen LogP contribution < -0.4 is 0 Å². The topological polar surface area (TPSA) is 86.5 Å². The molecule has 0 heterocycles. The van der Waals surface area contributed by atoms with Gasteiger partial charge in [-0.25, -0.2) is 0 Å². The number of benzene rings is 1. The molecule has 1 atom stereocenters. The summed E-state index contributed by atoms with van der Waals surface area (Å²) in [6.07, 6.45) is 2.49. The third-order valence-corrected chi connectivity index (χ3v) is 4.19. The number of ether oxygens (including phenoxy) is 1. The number of Topliss-reactive ketones (excluding diaryl/α,β-unsaturated/α-hetero) is 1. The highest BCUT2D eigenvalue weighted by Gasteiger charge is 2.43. The van der Waals surface area contributed by atoms with Crippen LogP contribution in [0.5, 0.6) is 0 Å². The summed E-state index contributed by atoms with van der Waals surface area (Å²) in [5, 5.41) is 11.4. The third kappa shape index (κ3) is 2.02. The van der Waals surface area contributed by atoms with Gasteiger partial charge in [-0.05, 0) is 43.7 Å². The van der Waals surface area contributed by atoms with Crippen LogP contribution in [0, 0.1) is 16.0 Å². The molecule has 0 N–H and O–H groups in total. The number of nitro benzene ring substituents is 1. The number of carbonyl (C=O) groups excluding carboxylic acids is 2. The van der Waals surface area contributed by atoms with Crippen LogP contribution in [0.15, 0.2) is 6.07 Å². The summed E-state index contributed by atoms with van der Waals surface area (Å²) in [5.41, 5.74) is 2.26. The maximum atomic E-state index is 12.4. The Morgan fingerprint density at radius 3 is 2.86 bits per heavy atom. The van der Waals surface area contributed by atoms with Gasteiger partial charge in [0.05, 0.1) is 17.1 Å². The standard InChI is InChI=1S/C15H15NO5/c1-2-21-15(18)11-7-9-6-8-4-3-5-10(8)13(16(19)20)12(9)14(11)17/h6,11H,2-5,7H2,1H3. The zero-order valence-electron chi connectivity index (χ0n) is 11.7. The van der Waals surface area contributed by atoms with Gasteiger partial charge in [-0.2, -0.15) is 0 Å². The van der Waals surface area contributed by atoms with Crippen LogP contribution in [0.3, 0.4) is 0 Å². The number of esters is 1. The van der Waals surface area contributed by atoms with Crippen LogP contribution in [-0.4, -0.2) is 23.3 Å². The van der Waals surface area contributed by atoms with Crippen molar-refractivity contribution in [1.82, 2.24) is 0 Å². The Balaban J connectivity index is 2.10. The number of fused-ring (bicyclic) bond motifs is 2. The van der Waals surface area contributed by atoms with E-state index in [2.05, 4.69) is 0 Å². The number of rotatable bonds is 3. The molecule has 6 heteroatoms. The van der Waals surface area contributed by atoms with Crippen LogP contribution >= 0.6 is 0 Å². The van der Waals surface area contributed by atoms with Crippen molar-refractivity contribution in [2.24, 2.45) is 5.92 Å². The van der Waals surface area contributed by atoms with E-state index in [-0.39, 0.29) is 24.3 Å². The van der Waals surface area contributed by atoms with Crippen molar-refractivity contribution in [2.75, 3.05) is 6.61 Å². The molecule has 0 bridgehead atoms. The lowest BCUT2D eigenvalue weighted by molar-refractivity contribution is -0.385. The average molecular weight is 289 g/mol. The van der Waals surface area contributed by atoms with Crippen LogP contribution in [-0.2, 0) is 28.8 Å². The van der Waals surface area contributed by atoms with E-state index in [1.54, 1.807) is 6.92 Å². The average Bonchev–Trinajstić information content (AvgIpc) is 3.01. The van der Waals surface area contributed by atoms with Crippen molar-refractivity contribution in [3.63, 3.8) is 0 Å². The lowest BCUT2D eigenvalue weighted by atomic mass is 9.98. The Morgan fingerprint density at radius 2 is 2.19 bits per heavy atom. The zero-order valence-corrected chi connectivity index (χ0v) is 11.7. The number of hydrogen-bond acceptors (Lipinski definition) is 5. The molecule has 1 unspecified atom stereocenters. The molecular weight excluding hydrogens is 274 g/mol. The molecule has 0 amide bonds. The molecular formula is C15H15NO5. The number of nitro groups is 1. The summed E-state index contributed by atoms with van der Waals surface area (Å²) >= 11 is 0. The first kappa shape index (κ1) is 13.7. The molecule has 3 rings (SSSR count). The Hall–Kier alpha value is -2.24. The number of ketones is 1. The highest BCUT2D eigenvalue weighted by atomic mass is 16.6. The second kappa shape index (κ2) is 4.95. The molecule has 2 aliphatic rings. The van der Waals surface area contributed by atoms with Crippen molar-refractivity contribution in [2.45, 2.75) is 32.6 Å². The predicted molar refractivity (Wildman–Crippen MR) is 73.3 cm³/mol. The molecule has 0 aliphatic heterocycles. The summed E-state index contributed by atoms with van der Waals surface area (Å²) in [6.45, 7) is 1.86. The molecule has 2 aliphatic carbocycles. The first-order chi connectivity index (χ1) is 10.0. The van der Waals surface area contributed by atoms with Crippen LogP contribution in [0.4, 0.5) is 5.69 Å². The number of aryl methyl sites for hydroxylation is 1. The summed E-state index contributed by atoms with van der Waals surface area (Å²) in [7, 11) is 0. The van der Waals surface area contributed by atoms with Crippen LogP contribution in [0.2, 0.25) is 0 Å². The van der Waals surface area contributed by atoms with Crippen molar-refractivity contribution in [1.29, 1.82) is 0 Å². The highest BCUT2D eigenvalue weighted by Crippen LogP contribution is 2.41. The Kier molecular flexibility index (Phi) is 3.23. The predicted octanol–water partition coefficient (Wildman–Crippen LogP) is 2.00. The van der Waals surface area contributed by atoms with E-state index in [9.17, 15) is 19.7 Å². The first-order valence-corrected chi connectivity index (χ1v) is 7.07. The Bertz CT molecular complexity index is 665. The molecule has 0 spiro atoms. The van der Waals surface area contributed by atoms with Crippen molar-refractivity contribution in [3.05, 3.63) is 38.4 Å². The van der Waals surface area contributed by atoms with Gasteiger partial charge in [0.25, 0.3) is 5.69 Å². The second-order valence-electron chi connectivity index (χ2n) is 5.38. The first-order valence-electron chi connectivity index (χ1n) is 7.07. The lowest BCUT2D eigenvalue weighted by Crippen LogP contribution is -2.23. The highest BCUT2D eigenvalue weighted by molar-refractivity contribution is 6.14. The van der Waals surface area contributed by atoms with Crippen molar-refractivity contribution in [3.8, 4) is 0 Å². The quantitative estimate of drug-likeness (QED) is 0.367.